The van der Waals surface area contributed by atoms with Crippen LogP contribution in [0.4, 0.5) is 15.8 Å². The first-order chi connectivity index (χ1) is 9.99. The Morgan fingerprint density at radius 1 is 1.33 bits per heavy atom. The molecule has 0 saturated carbocycles. The summed E-state index contributed by atoms with van der Waals surface area (Å²) < 4.78 is 19.4. The third-order valence-corrected chi connectivity index (χ3v) is 3.32. The second-order valence-electron chi connectivity index (χ2n) is 4.27. The highest BCUT2D eigenvalue weighted by atomic mass is 79.9. The molecule has 1 N–H and O–H groups in total. The van der Waals surface area contributed by atoms with Crippen LogP contribution in [0.15, 0.2) is 40.9 Å². The van der Waals surface area contributed by atoms with Crippen molar-refractivity contribution in [2.24, 2.45) is 0 Å². The van der Waals surface area contributed by atoms with E-state index in [1.807, 2.05) is 0 Å². The minimum absolute atomic E-state index is 0.0911. The summed E-state index contributed by atoms with van der Waals surface area (Å²) in [6, 6.07) is 8.92. The molecular formula is C14H12BrFN2O3. The molecule has 2 aromatic rings. The molecule has 7 heteroatoms. The summed E-state index contributed by atoms with van der Waals surface area (Å²) >= 11 is 3.27. The van der Waals surface area contributed by atoms with E-state index < -0.39 is 4.92 Å². The highest BCUT2D eigenvalue weighted by Crippen LogP contribution is 2.26. The van der Waals surface area contributed by atoms with Crippen molar-refractivity contribution in [1.82, 2.24) is 0 Å². The number of ether oxygens (including phenoxy) is 1. The van der Waals surface area contributed by atoms with Gasteiger partial charge in [0.05, 0.1) is 18.1 Å². The van der Waals surface area contributed by atoms with Crippen LogP contribution in [0.1, 0.15) is 5.56 Å². The van der Waals surface area contributed by atoms with Crippen LogP contribution in [0, 0.1) is 15.9 Å². The van der Waals surface area contributed by atoms with E-state index in [0.717, 1.165) is 4.47 Å². The Bertz CT molecular complexity index is 679. The van der Waals surface area contributed by atoms with Crippen LogP contribution in [-0.4, -0.2) is 12.0 Å². The molecule has 0 aromatic heterocycles. The molecule has 0 saturated heterocycles. The summed E-state index contributed by atoms with van der Waals surface area (Å²) in [5.41, 5.74) is 0.849. The van der Waals surface area contributed by atoms with E-state index in [1.165, 1.54) is 25.3 Å². The summed E-state index contributed by atoms with van der Waals surface area (Å²) in [4.78, 5) is 10.3. The Hall–Kier alpha value is -2.15. The number of hydrogen-bond donors (Lipinski definition) is 1. The minimum atomic E-state index is -0.507. The van der Waals surface area contributed by atoms with Gasteiger partial charge in [0.25, 0.3) is 5.69 Å². The molecule has 2 rings (SSSR count). The molecule has 0 amide bonds. The zero-order valence-electron chi connectivity index (χ0n) is 11.1. The van der Waals surface area contributed by atoms with Crippen LogP contribution in [0.25, 0.3) is 0 Å². The average molecular weight is 355 g/mol. The Labute approximate surface area is 129 Å². The Morgan fingerprint density at radius 3 is 2.76 bits per heavy atom. The van der Waals surface area contributed by atoms with E-state index >= 15 is 0 Å². The molecule has 2 aromatic carbocycles. The Kier molecular flexibility index (Phi) is 4.74. The molecular weight excluding hydrogens is 343 g/mol. The van der Waals surface area contributed by atoms with Crippen LogP contribution in [-0.2, 0) is 6.54 Å². The first kappa shape index (κ1) is 15.2. The molecule has 0 aliphatic heterocycles. The molecule has 110 valence electrons. The molecule has 0 heterocycles. The topological polar surface area (TPSA) is 64.4 Å². The third kappa shape index (κ3) is 3.91. The number of hydrogen-bond acceptors (Lipinski definition) is 4. The van der Waals surface area contributed by atoms with Crippen molar-refractivity contribution >= 4 is 27.3 Å². The molecule has 0 spiro atoms. The third-order valence-electron chi connectivity index (χ3n) is 2.83. The van der Waals surface area contributed by atoms with Gasteiger partial charge in [0.1, 0.15) is 11.6 Å². The SMILES string of the molecule is COc1cc(NCc2cc(Br)ccc2F)cc([N+](=O)[O-])c1. The van der Waals surface area contributed by atoms with E-state index in [4.69, 9.17) is 4.74 Å². The fourth-order valence-electron chi connectivity index (χ4n) is 1.78. The van der Waals surface area contributed by atoms with Crippen LogP contribution in [0.3, 0.4) is 0 Å². The quantitative estimate of drug-likeness (QED) is 0.647. The highest BCUT2D eigenvalue weighted by Gasteiger charge is 2.11. The lowest BCUT2D eigenvalue weighted by Gasteiger charge is -2.09. The van der Waals surface area contributed by atoms with Crippen molar-refractivity contribution in [3.8, 4) is 5.75 Å². The van der Waals surface area contributed by atoms with Gasteiger partial charge in [-0.2, -0.15) is 0 Å². The molecule has 0 radical (unpaired) electrons. The number of benzene rings is 2. The molecule has 0 atom stereocenters. The van der Waals surface area contributed by atoms with Crippen LogP contribution in [0.2, 0.25) is 0 Å². The Balaban J connectivity index is 2.21. The smallest absolute Gasteiger partial charge is 0.275 e. The van der Waals surface area contributed by atoms with Crippen LogP contribution < -0.4 is 10.1 Å². The van der Waals surface area contributed by atoms with Crippen LogP contribution in [0.5, 0.6) is 5.75 Å². The first-order valence-corrected chi connectivity index (χ1v) is 6.80. The second kappa shape index (κ2) is 6.53. The summed E-state index contributed by atoms with van der Waals surface area (Å²) in [5, 5.41) is 13.8. The molecule has 0 unspecified atom stereocenters. The van der Waals surface area contributed by atoms with E-state index in [2.05, 4.69) is 21.2 Å². The number of nitro benzene ring substituents is 1. The first-order valence-electron chi connectivity index (χ1n) is 6.01. The van der Waals surface area contributed by atoms with Gasteiger partial charge in [0, 0.05) is 34.4 Å². The lowest BCUT2D eigenvalue weighted by molar-refractivity contribution is -0.384. The maximum Gasteiger partial charge on any atom is 0.275 e. The fraction of sp³-hybridized carbons (Fsp3) is 0.143. The summed E-state index contributed by atoms with van der Waals surface area (Å²) in [6.07, 6.45) is 0. The van der Waals surface area contributed by atoms with Crippen molar-refractivity contribution in [3.63, 3.8) is 0 Å². The molecule has 0 aliphatic rings. The van der Waals surface area contributed by atoms with Crippen molar-refractivity contribution in [1.29, 1.82) is 0 Å². The fourth-order valence-corrected chi connectivity index (χ4v) is 2.19. The second-order valence-corrected chi connectivity index (χ2v) is 5.18. The highest BCUT2D eigenvalue weighted by molar-refractivity contribution is 9.10. The van der Waals surface area contributed by atoms with E-state index in [9.17, 15) is 14.5 Å². The van der Waals surface area contributed by atoms with Gasteiger partial charge >= 0.3 is 0 Å². The van der Waals surface area contributed by atoms with Gasteiger partial charge in [-0.25, -0.2) is 4.39 Å². The predicted octanol–water partition coefficient (Wildman–Crippen LogP) is 4.12. The minimum Gasteiger partial charge on any atom is -0.496 e. The number of anilines is 1. The molecule has 0 aliphatic carbocycles. The van der Waals surface area contributed by atoms with Crippen molar-refractivity contribution in [2.45, 2.75) is 6.54 Å². The maximum atomic E-state index is 13.6. The molecule has 21 heavy (non-hydrogen) atoms. The van der Waals surface area contributed by atoms with E-state index in [0.29, 0.717) is 17.0 Å². The van der Waals surface area contributed by atoms with Gasteiger partial charge < -0.3 is 10.1 Å². The van der Waals surface area contributed by atoms with Crippen molar-refractivity contribution in [2.75, 3.05) is 12.4 Å². The molecule has 5 nitrogen and oxygen atoms in total. The molecule has 0 fully saturated rings. The standard InChI is InChI=1S/C14H12BrFN2O3/c1-21-13-6-11(5-12(7-13)18(19)20)17-8-9-4-10(15)2-3-14(9)16/h2-7,17H,8H2,1H3. The normalized spacial score (nSPS) is 10.2. The lowest BCUT2D eigenvalue weighted by Crippen LogP contribution is -2.03. The zero-order chi connectivity index (χ0) is 15.4. The maximum absolute atomic E-state index is 13.6. The number of halogens is 2. The van der Waals surface area contributed by atoms with Crippen molar-refractivity contribution in [3.05, 3.63) is 62.4 Å². The predicted molar refractivity (Wildman–Crippen MR) is 81.1 cm³/mol. The van der Waals surface area contributed by atoms with Gasteiger partial charge in [-0.3, -0.25) is 10.1 Å². The number of nitro groups is 1. The number of nitrogens with zero attached hydrogens (tertiary/aromatic N) is 1. The molecule has 0 bridgehead atoms. The number of non-ortho nitro benzene ring substituents is 1. The van der Waals surface area contributed by atoms with Crippen LogP contribution >= 0.6 is 15.9 Å². The zero-order valence-corrected chi connectivity index (χ0v) is 12.7. The largest absolute Gasteiger partial charge is 0.496 e. The number of rotatable bonds is 5. The van der Waals surface area contributed by atoms with Gasteiger partial charge in [-0.1, -0.05) is 15.9 Å². The summed E-state index contributed by atoms with van der Waals surface area (Å²) in [7, 11) is 1.43. The monoisotopic (exact) mass is 354 g/mol. The van der Waals surface area contributed by atoms with Gasteiger partial charge in [0.2, 0.25) is 0 Å². The Morgan fingerprint density at radius 2 is 2.10 bits per heavy atom. The van der Waals surface area contributed by atoms with Gasteiger partial charge in [-0.15, -0.1) is 0 Å². The number of methoxy groups -OCH3 is 1. The average Bonchev–Trinajstić information content (AvgIpc) is 2.47. The van der Waals surface area contributed by atoms with Crippen molar-refractivity contribution < 1.29 is 14.1 Å². The summed E-state index contributed by atoms with van der Waals surface area (Å²) in [5.74, 6) is 0.0181. The van der Waals surface area contributed by atoms with E-state index in [-0.39, 0.29) is 18.0 Å². The van der Waals surface area contributed by atoms with E-state index in [1.54, 1.807) is 18.2 Å². The number of nitrogens with one attached hydrogen (secondary N) is 1. The lowest BCUT2D eigenvalue weighted by atomic mass is 10.2. The van der Waals surface area contributed by atoms with Gasteiger partial charge in [-0.05, 0) is 18.2 Å². The van der Waals surface area contributed by atoms with Gasteiger partial charge in [0.15, 0.2) is 0 Å². The summed E-state index contributed by atoms with van der Waals surface area (Å²) in [6.45, 7) is 0.204.